The summed E-state index contributed by atoms with van der Waals surface area (Å²) >= 11 is 2.80. The number of thioether (sulfide) groups is 1. The molecule has 1 aromatic heterocycles. The molecule has 5 nitrogen and oxygen atoms in total. The molecule has 5 rings (SSSR count). The average Bonchev–Trinajstić information content (AvgIpc) is 3.21. The maximum absolute atomic E-state index is 13.5. The van der Waals surface area contributed by atoms with E-state index in [1.54, 1.807) is 23.4 Å². The zero-order chi connectivity index (χ0) is 23.7. The summed E-state index contributed by atoms with van der Waals surface area (Å²) in [5.41, 5.74) is 3.75. The summed E-state index contributed by atoms with van der Waals surface area (Å²) < 4.78 is 7.11. The number of nitrogens with zero attached hydrogens (tertiary/aromatic N) is 1. The maximum Gasteiger partial charge on any atom is 0.312 e. The quantitative estimate of drug-likeness (QED) is 0.391. The highest BCUT2D eigenvalue weighted by Crippen LogP contribution is 2.47. The van der Waals surface area contributed by atoms with Gasteiger partial charge in [0.2, 0.25) is 5.91 Å². The van der Waals surface area contributed by atoms with Gasteiger partial charge in [0.05, 0.1) is 23.7 Å². The monoisotopic (exact) mass is 488 g/mol. The summed E-state index contributed by atoms with van der Waals surface area (Å²) in [6, 6.07) is 25.3. The Hall–Kier alpha value is -3.29. The second-order valence-corrected chi connectivity index (χ2v) is 10.2. The zero-order valence-corrected chi connectivity index (χ0v) is 20.5. The van der Waals surface area contributed by atoms with Crippen LogP contribution in [0.5, 0.6) is 5.75 Å². The summed E-state index contributed by atoms with van der Waals surface area (Å²) in [5.74, 6) is 0.731. The van der Waals surface area contributed by atoms with E-state index in [0.29, 0.717) is 5.75 Å². The number of ether oxygens (including phenoxy) is 1. The third kappa shape index (κ3) is 4.29. The molecule has 0 saturated heterocycles. The number of carbonyl (C=O) groups is 1. The molecule has 1 aliphatic heterocycles. The SMILES string of the molecule is COc1ccc([C@H]2c3sc(=O)n(-c4ccccc4)c3SC[C@@H]2C(=O)Nc2ccc(C)cc2)cc1. The van der Waals surface area contributed by atoms with Crippen molar-refractivity contribution in [1.29, 1.82) is 0 Å². The molecule has 3 aromatic carbocycles. The van der Waals surface area contributed by atoms with Crippen molar-refractivity contribution in [2.45, 2.75) is 17.9 Å². The summed E-state index contributed by atoms with van der Waals surface area (Å²) in [5, 5.41) is 4.01. The molecule has 7 heteroatoms. The summed E-state index contributed by atoms with van der Waals surface area (Å²) in [4.78, 5) is 27.5. The molecular weight excluding hydrogens is 464 g/mol. The predicted octanol–water partition coefficient (Wildman–Crippen LogP) is 5.71. The molecule has 1 N–H and O–H groups in total. The van der Waals surface area contributed by atoms with Crippen molar-refractivity contribution in [3.05, 3.63) is 105 Å². The van der Waals surface area contributed by atoms with Crippen LogP contribution in [0.1, 0.15) is 21.9 Å². The number of aromatic nitrogens is 1. The van der Waals surface area contributed by atoms with E-state index in [4.69, 9.17) is 4.74 Å². The van der Waals surface area contributed by atoms with Crippen molar-refractivity contribution in [3.8, 4) is 11.4 Å². The summed E-state index contributed by atoms with van der Waals surface area (Å²) in [7, 11) is 1.63. The first-order chi connectivity index (χ1) is 16.5. The van der Waals surface area contributed by atoms with Gasteiger partial charge in [-0.25, -0.2) is 0 Å². The molecule has 0 saturated carbocycles. The first-order valence-electron chi connectivity index (χ1n) is 11.0. The lowest BCUT2D eigenvalue weighted by molar-refractivity contribution is -0.119. The third-order valence-corrected chi connectivity index (χ3v) is 8.38. The number of fused-ring (bicyclic) bond motifs is 1. The number of thiazole rings is 1. The van der Waals surface area contributed by atoms with E-state index in [0.717, 1.165) is 38.2 Å². The van der Waals surface area contributed by atoms with E-state index >= 15 is 0 Å². The summed E-state index contributed by atoms with van der Waals surface area (Å²) in [6.07, 6.45) is 0. The van der Waals surface area contributed by atoms with Crippen molar-refractivity contribution < 1.29 is 9.53 Å². The lowest BCUT2D eigenvalue weighted by Gasteiger charge is -2.31. The van der Waals surface area contributed by atoms with Crippen LogP contribution in [0.25, 0.3) is 5.69 Å². The van der Waals surface area contributed by atoms with Crippen LogP contribution in [-0.4, -0.2) is 23.3 Å². The number of carbonyl (C=O) groups excluding carboxylic acids is 1. The average molecular weight is 489 g/mol. The normalized spacial score (nSPS) is 17.1. The Labute approximate surface area is 206 Å². The van der Waals surface area contributed by atoms with E-state index in [2.05, 4.69) is 5.32 Å². The van der Waals surface area contributed by atoms with Crippen molar-refractivity contribution in [2.75, 3.05) is 18.2 Å². The fraction of sp³-hybridized carbons (Fsp3) is 0.185. The Morgan fingerprint density at radius 3 is 2.38 bits per heavy atom. The van der Waals surface area contributed by atoms with Crippen LogP contribution in [0, 0.1) is 12.8 Å². The van der Waals surface area contributed by atoms with Crippen LogP contribution in [0.15, 0.2) is 88.7 Å². The van der Waals surface area contributed by atoms with Gasteiger partial charge in [0.15, 0.2) is 0 Å². The van der Waals surface area contributed by atoms with Gasteiger partial charge in [-0.15, -0.1) is 11.8 Å². The maximum atomic E-state index is 13.5. The Bertz CT molecular complexity index is 1360. The zero-order valence-electron chi connectivity index (χ0n) is 18.9. The largest absolute Gasteiger partial charge is 0.497 e. The molecule has 0 aliphatic carbocycles. The van der Waals surface area contributed by atoms with Crippen molar-refractivity contribution in [1.82, 2.24) is 4.57 Å². The van der Waals surface area contributed by atoms with E-state index in [9.17, 15) is 9.59 Å². The van der Waals surface area contributed by atoms with Crippen LogP contribution >= 0.6 is 23.1 Å². The fourth-order valence-corrected chi connectivity index (χ4v) is 6.96. The van der Waals surface area contributed by atoms with Crippen LogP contribution in [0.3, 0.4) is 0 Å². The Balaban J connectivity index is 1.57. The van der Waals surface area contributed by atoms with E-state index in [1.165, 1.54) is 11.3 Å². The molecule has 0 unspecified atom stereocenters. The number of para-hydroxylation sites is 1. The molecule has 2 atom stereocenters. The number of hydrogen-bond acceptors (Lipinski definition) is 5. The molecule has 1 aliphatic rings. The highest BCUT2D eigenvalue weighted by atomic mass is 32.2. The van der Waals surface area contributed by atoms with Gasteiger partial charge in [0.1, 0.15) is 5.75 Å². The molecule has 34 heavy (non-hydrogen) atoms. The van der Waals surface area contributed by atoms with Crippen LogP contribution in [-0.2, 0) is 4.79 Å². The number of hydrogen-bond donors (Lipinski definition) is 1. The molecule has 172 valence electrons. The lowest BCUT2D eigenvalue weighted by Crippen LogP contribution is -2.33. The molecule has 0 fully saturated rings. The standard InChI is InChI=1S/C27H24N2O3S2/c1-17-8-12-19(13-9-17)28-25(30)22-16-33-26-24(23(22)18-10-14-21(32-2)15-11-18)34-27(31)29(26)20-6-4-3-5-7-20/h3-15,22-23H,16H2,1-2H3,(H,28,30)/t22-,23+/m0/s1. The van der Waals surface area contributed by atoms with Gasteiger partial charge < -0.3 is 10.1 Å². The van der Waals surface area contributed by atoms with Crippen LogP contribution < -0.4 is 14.9 Å². The van der Waals surface area contributed by atoms with Gasteiger partial charge in [-0.1, -0.05) is 59.4 Å². The molecular formula is C27H24N2O3S2. The van der Waals surface area contributed by atoms with Crippen molar-refractivity contribution in [2.24, 2.45) is 5.92 Å². The highest BCUT2D eigenvalue weighted by molar-refractivity contribution is 7.99. The van der Waals surface area contributed by atoms with Gasteiger partial charge in [-0.2, -0.15) is 0 Å². The minimum Gasteiger partial charge on any atom is -0.497 e. The van der Waals surface area contributed by atoms with Crippen LogP contribution in [0.4, 0.5) is 5.69 Å². The van der Waals surface area contributed by atoms with E-state index in [1.807, 2.05) is 85.8 Å². The van der Waals surface area contributed by atoms with Crippen molar-refractivity contribution >= 4 is 34.7 Å². The van der Waals surface area contributed by atoms with Gasteiger partial charge in [-0.3, -0.25) is 14.2 Å². The van der Waals surface area contributed by atoms with Crippen LogP contribution in [0.2, 0.25) is 0 Å². The molecule has 0 radical (unpaired) electrons. The van der Waals surface area contributed by atoms with Gasteiger partial charge >= 0.3 is 4.87 Å². The Morgan fingerprint density at radius 1 is 1.00 bits per heavy atom. The smallest absolute Gasteiger partial charge is 0.312 e. The molecule has 0 spiro atoms. The Kier molecular flexibility index (Phi) is 6.30. The fourth-order valence-electron chi connectivity index (χ4n) is 4.25. The van der Waals surface area contributed by atoms with E-state index < -0.39 is 0 Å². The number of rotatable bonds is 5. The summed E-state index contributed by atoms with van der Waals surface area (Å²) in [6.45, 7) is 2.02. The second-order valence-electron chi connectivity index (χ2n) is 8.23. The molecule has 4 aromatic rings. The number of nitrogens with one attached hydrogen (secondary N) is 1. The topological polar surface area (TPSA) is 60.3 Å². The number of aryl methyl sites for hydroxylation is 1. The molecule has 1 amide bonds. The highest BCUT2D eigenvalue weighted by Gasteiger charge is 2.39. The first-order valence-corrected chi connectivity index (χ1v) is 12.8. The first kappa shape index (κ1) is 22.5. The third-order valence-electron chi connectivity index (χ3n) is 6.02. The van der Waals surface area contributed by atoms with Gasteiger partial charge in [0.25, 0.3) is 0 Å². The number of benzene rings is 3. The molecule has 2 heterocycles. The minimum atomic E-state index is -0.325. The number of methoxy groups -OCH3 is 1. The molecule has 0 bridgehead atoms. The lowest BCUT2D eigenvalue weighted by atomic mass is 9.85. The predicted molar refractivity (Wildman–Crippen MR) is 139 cm³/mol. The van der Waals surface area contributed by atoms with Gasteiger partial charge in [-0.05, 0) is 48.9 Å². The van der Waals surface area contributed by atoms with E-state index in [-0.39, 0.29) is 22.6 Å². The van der Waals surface area contributed by atoms with Crippen molar-refractivity contribution in [3.63, 3.8) is 0 Å². The van der Waals surface area contributed by atoms with Gasteiger partial charge in [0, 0.05) is 22.2 Å². The Morgan fingerprint density at radius 2 is 1.71 bits per heavy atom. The second kappa shape index (κ2) is 9.52. The number of amides is 1. The minimum absolute atomic E-state index is 0.0400. The number of anilines is 1.